The molecule has 0 bridgehead atoms. The van der Waals surface area contributed by atoms with Gasteiger partial charge in [-0.3, -0.25) is 4.72 Å². The van der Waals surface area contributed by atoms with Crippen LogP contribution in [-0.2, 0) is 10.2 Å². The fourth-order valence-corrected chi connectivity index (χ4v) is 1.32. The van der Waals surface area contributed by atoms with Crippen molar-refractivity contribution in [3.8, 4) is 0 Å². The molecule has 0 saturated heterocycles. The summed E-state index contributed by atoms with van der Waals surface area (Å²) in [6, 6.07) is 1.41. The molecule has 1 N–H and O–H groups in total. The summed E-state index contributed by atoms with van der Waals surface area (Å²) in [5.74, 6) is 0.138. The molecule has 0 aliphatic heterocycles. The Balaban J connectivity index is 2.90. The van der Waals surface area contributed by atoms with Gasteiger partial charge in [0, 0.05) is 20.3 Å². The highest BCUT2D eigenvalue weighted by molar-refractivity contribution is 7.90. The molecule has 0 amide bonds. The third-order valence-corrected chi connectivity index (χ3v) is 2.95. The number of nitrogens with zero attached hydrogens (tertiary/aromatic N) is 3. The highest BCUT2D eigenvalue weighted by atomic mass is 35.5. The lowest BCUT2D eigenvalue weighted by Gasteiger charge is -2.12. The van der Waals surface area contributed by atoms with E-state index in [4.69, 9.17) is 11.6 Å². The Morgan fingerprint density at radius 2 is 2.14 bits per heavy atom. The van der Waals surface area contributed by atoms with Crippen molar-refractivity contribution >= 4 is 27.6 Å². The van der Waals surface area contributed by atoms with Crippen LogP contribution in [0.2, 0.25) is 5.28 Å². The molecule has 0 atom stereocenters. The normalized spacial score (nSPS) is 11.7. The summed E-state index contributed by atoms with van der Waals surface area (Å²) in [5, 5.41) is -0.0102. The predicted octanol–water partition coefficient (Wildman–Crippen LogP) is 0.348. The van der Waals surface area contributed by atoms with Crippen LogP contribution in [0.3, 0.4) is 0 Å². The van der Waals surface area contributed by atoms with Crippen molar-refractivity contribution in [2.45, 2.75) is 0 Å². The van der Waals surface area contributed by atoms with Gasteiger partial charge in [-0.2, -0.15) is 17.7 Å². The Hall–Kier alpha value is -0.920. The van der Waals surface area contributed by atoms with E-state index < -0.39 is 10.2 Å². The molecule has 8 heteroatoms. The van der Waals surface area contributed by atoms with Crippen LogP contribution in [0.25, 0.3) is 0 Å². The van der Waals surface area contributed by atoms with Crippen molar-refractivity contribution in [2.24, 2.45) is 0 Å². The van der Waals surface area contributed by atoms with Crippen LogP contribution in [0.1, 0.15) is 0 Å². The number of hydrogen-bond acceptors (Lipinski definition) is 4. The molecule has 1 aromatic rings. The lowest BCUT2D eigenvalue weighted by Crippen LogP contribution is -2.29. The highest BCUT2D eigenvalue weighted by Gasteiger charge is 2.13. The van der Waals surface area contributed by atoms with Crippen molar-refractivity contribution in [3.63, 3.8) is 0 Å². The Bertz CT molecular complexity index is 420. The summed E-state index contributed by atoms with van der Waals surface area (Å²) in [7, 11) is -0.718. The molecule has 6 nitrogen and oxygen atoms in total. The molecule has 78 valence electrons. The maximum absolute atomic E-state index is 11.3. The highest BCUT2D eigenvalue weighted by Crippen LogP contribution is 2.08. The third kappa shape index (κ3) is 2.79. The first-order valence-corrected chi connectivity index (χ1v) is 5.42. The minimum absolute atomic E-state index is 0.0102. The summed E-state index contributed by atoms with van der Waals surface area (Å²) in [6.07, 6.45) is 1.36. The van der Waals surface area contributed by atoms with E-state index in [0.717, 1.165) is 4.31 Å². The molecule has 0 fully saturated rings. The van der Waals surface area contributed by atoms with Crippen molar-refractivity contribution in [3.05, 3.63) is 17.5 Å². The van der Waals surface area contributed by atoms with E-state index in [1.165, 1.54) is 26.4 Å². The third-order valence-electron chi connectivity index (χ3n) is 1.34. The maximum Gasteiger partial charge on any atom is 0.302 e. The standard InChI is InChI=1S/C6H9ClN4O2S/c1-11(2)14(12,13)10-5-3-4-8-6(7)9-5/h3-4H,1-2H3,(H,8,9,10). The van der Waals surface area contributed by atoms with Gasteiger partial charge < -0.3 is 0 Å². The van der Waals surface area contributed by atoms with Crippen LogP contribution in [-0.4, -0.2) is 36.8 Å². The monoisotopic (exact) mass is 236 g/mol. The summed E-state index contributed by atoms with van der Waals surface area (Å²) in [6.45, 7) is 0. The molecule has 0 saturated carbocycles. The number of anilines is 1. The zero-order chi connectivity index (χ0) is 10.8. The van der Waals surface area contributed by atoms with Gasteiger partial charge in [0.15, 0.2) is 0 Å². The first-order chi connectivity index (χ1) is 6.42. The summed E-state index contributed by atoms with van der Waals surface area (Å²) in [5.41, 5.74) is 0. The second kappa shape index (κ2) is 4.07. The van der Waals surface area contributed by atoms with Crippen LogP contribution in [0, 0.1) is 0 Å². The zero-order valence-electron chi connectivity index (χ0n) is 7.60. The Morgan fingerprint density at radius 3 is 2.64 bits per heavy atom. The van der Waals surface area contributed by atoms with Gasteiger partial charge in [-0.05, 0) is 17.7 Å². The smallest absolute Gasteiger partial charge is 0.254 e. The predicted molar refractivity (Wildman–Crippen MR) is 53.3 cm³/mol. The molecular formula is C6H9ClN4O2S. The number of halogens is 1. The summed E-state index contributed by atoms with van der Waals surface area (Å²) < 4.78 is 25.9. The molecule has 0 unspecified atom stereocenters. The molecule has 1 rings (SSSR count). The summed E-state index contributed by atoms with van der Waals surface area (Å²) >= 11 is 5.48. The van der Waals surface area contributed by atoms with Gasteiger partial charge in [0.1, 0.15) is 5.82 Å². The summed E-state index contributed by atoms with van der Waals surface area (Å²) in [4.78, 5) is 7.30. The van der Waals surface area contributed by atoms with E-state index >= 15 is 0 Å². The van der Waals surface area contributed by atoms with Crippen molar-refractivity contribution in [1.29, 1.82) is 0 Å². The molecular weight excluding hydrogens is 228 g/mol. The van der Waals surface area contributed by atoms with Crippen molar-refractivity contribution in [1.82, 2.24) is 14.3 Å². The van der Waals surface area contributed by atoms with Crippen LogP contribution >= 0.6 is 11.6 Å². The van der Waals surface area contributed by atoms with E-state index in [1.54, 1.807) is 0 Å². The maximum atomic E-state index is 11.3. The van der Waals surface area contributed by atoms with E-state index in [9.17, 15) is 8.42 Å². The topological polar surface area (TPSA) is 75.2 Å². The minimum atomic E-state index is -3.53. The lowest BCUT2D eigenvalue weighted by molar-refractivity contribution is 0.526. The average Bonchev–Trinajstić information content (AvgIpc) is 2.02. The molecule has 1 aromatic heterocycles. The van der Waals surface area contributed by atoms with Gasteiger partial charge in [-0.15, -0.1) is 0 Å². The SMILES string of the molecule is CN(C)S(=O)(=O)Nc1ccnc(Cl)n1. The van der Waals surface area contributed by atoms with Gasteiger partial charge in [0.2, 0.25) is 5.28 Å². The second-order valence-corrected chi connectivity index (χ2v) is 4.82. The van der Waals surface area contributed by atoms with Gasteiger partial charge in [0.05, 0.1) is 0 Å². The van der Waals surface area contributed by atoms with E-state index in [1.807, 2.05) is 0 Å². The molecule has 0 aliphatic rings. The van der Waals surface area contributed by atoms with Gasteiger partial charge >= 0.3 is 10.2 Å². The van der Waals surface area contributed by atoms with Crippen molar-refractivity contribution in [2.75, 3.05) is 18.8 Å². The fourth-order valence-electron chi connectivity index (χ4n) is 0.615. The van der Waals surface area contributed by atoms with Gasteiger partial charge in [-0.25, -0.2) is 4.98 Å². The molecule has 0 radical (unpaired) electrons. The van der Waals surface area contributed by atoms with Crippen LogP contribution in [0.15, 0.2) is 12.3 Å². The lowest BCUT2D eigenvalue weighted by atomic mass is 10.6. The van der Waals surface area contributed by atoms with Crippen LogP contribution < -0.4 is 4.72 Å². The quantitative estimate of drug-likeness (QED) is 0.769. The molecule has 1 heterocycles. The number of rotatable bonds is 3. The largest absolute Gasteiger partial charge is 0.302 e. The van der Waals surface area contributed by atoms with E-state index in [2.05, 4.69) is 14.7 Å². The average molecular weight is 237 g/mol. The Morgan fingerprint density at radius 1 is 1.50 bits per heavy atom. The Kier molecular flexibility index (Phi) is 3.25. The number of hydrogen-bond donors (Lipinski definition) is 1. The first-order valence-electron chi connectivity index (χ1n) is 3.60. The fraction of sp³-hybridized carbons (Fsp3) is 0.333. The minimum Gasteiger partial charge on any atom is -0.254 e. The van der Waals surface area contributed by atoms with E-state index in [-0.39, 0.29) is 11.1 Å². The van der Waals surface area contributed by atoms with Gasteiger partial charge in [0.25, 0.3) is 0 Å². The van der Waals surface area contributed by atoms with Gasteiger partial charge in [-0.1, -0.05) is 0 Å². The first kappa shape index (κ1) is 11.2. The number of aromatic nitrogens is 2. The molecule has 14 heavy (non-hydrogen) atoms. The van der Waals surface area contributed by atoms with Crippen molar-refractivity contribution < 1.29 is 8.42 Å². The molecule has 0 aromatic carbocycles. The number of nitrogens with one attached hydrogen (secondary N) is 1. The molecule has 0 aliphatic carbocycles. The Labute approximate surface area is 87.1 Å². The molecule has 0 spiro atoms. The van der Waals surface area contributed by atoms with Crippen LogP contribution in [0.5, 0.6) is 0 Å². The zero-order valence-corrected chi connectivity index (χ0v) is 9.17. The second-order valence-electron chi connectivity index (χ2n) is 2.60. The van der Waals surface area contributed by atoms with E-state index in [0.29, 0.717) is 0 Å². The van der Waals surface area contributed by atoms with Crippen LogP contribution in [0.4, 0.5) is 5.82 Å².